The van der Waals surface area contributed by atoms with Crippen LogP contribution in [-0.4, -0.2) is 18.2 Å². The van der Waals surface area contributed by atoms with Crippen LogP contribution in [0.3, 0.4) is 0 Å². The molecule has 13 heavy (non-hydrogen) atoms. The molecule has 4 nitrogen and oxygen atoms in total. The number of ether oxygens (including phenoxy) is 2. The largest absolute Gasteiger partial charge is 0.346 e. The average Bonchev–Trinajstić information content (AvgIpc) is 2.70. The standard InChI is InChI=1S/C9H12N2O2/c10-6-8-7(2-1-3-11-8)9-12-4-5-13-9/h1-3,9H,4-6,10H2. The van der Waals surface area contributed by atoms with Crippen molar-refractivity contribution in [1.82, 2.24) is 4.98 Å². The highest BCUT2D eigenvalue weighted by atomic mass is 16.7. The maximum Gasteiger partial charge on any atom is 0.185 e. The fourth-order valence-electron chi connectivity index (χ4n) is 1.37. The van der Waals surface area contributed by atoms with E-state index in [1.54, 1.807) is 6.20 Å². The van der Waals surface area contributed by atoms with Crippen LogP contribution in [0.1, 0.15) is 17.5 Å². The molecule has 1 aliphatic heterocycles. The SMILES string of the molecule is NCc1ncccc1C1OCCO1. The molecule has 4 heteroatoms. The van der Waals surface area contributed by atoms with Gasteiger partial charge in [-0.2, -0.15) is 0 Å². The van der Waals surface area contributed by atoms with Gasteiger partial charge in [0.25, 0.3) is 0 Å². The minimum Gasteiger partial charge on any atom is -0.346 e. The molecule has 0 aromatic carbocycles. The molecule has 0 radical (unpaired) electrons. The van der Waals surface area contributed by atoms with Crippen molar-refractivity contribution in [3.05, 3.63) is 29.6 Å². The second-order valence-corrected chi connectivity index (χ2v) is 2.82. The Morgan fingerprint density at radius 2 is 2.23 bits per heavy atom. The quantitative estimate of drug-likeness (QED) is 0.723. The molecule has 2 rings (SSSR count). The molecule has 1 fully saturated rings. The van der Waals surface area contributed by atoms with Gasteiger partial charge in [-0.25, -0.2) is 0 Å². The predicted octanol–water partition coefficient (Wildman–Crippen LogP) is 0.586. The topological polar surface area (TPSA) is 57.4 Å². The number of nitrogens with two attached hydrogens (primary N) is 1. The Bertz CT molecular complexity index is 285. The van der Waals surface area contributed by atoms with Gasteiger partial charge in [-0.15, -0.1) is 0 Å². The monoisotopic (exact) mass is 180 g/mol. The van der Waals surface area contributed by atoms with Crippen LogP contribution in [0.4, 0.5) is 0 Å². The summed E-state index contributed by atoms with van der Waals surface area (Å²) in [5.74, 6) is 0. The Labute approximate surface area is 76.7 Å². The molecule has 0 unspecified atom stereocenters. The first-order valence-electron chi connectivity index (χ1n) is 4.29. The van der Waals surface area contributed by atoms with Crippen molar-refractivity contribution >= 4 is 0 Å². The highest BCUT2D eigenvalue weighted by Crippen LogP contribution is 2.24. The Morgan fingerprint density at radius 3 is 2.92 bits per heavy atom. The zero-order valence-electron chi connectivity index (χ0n) is 7.27. The van der Waals surface area contributed by atoms with Gasteiger partial charge in [0, 0.05) is 18.3 Å². The fourth-order valence-corrected chi connectivity index (χ4v) is 1.37. The molecule has 0 spiro atoms. The number of rotatable bonds is 2. The highest BCUT2D eigenvalue weighted by Gasteiger charge is 2.20. The predicted molar refractivity (Wildman–Crippen MR) is 46.8 cm³/mol. The number of pyridine rings is 1. The molecule has 70 valence electrons. The zero-order chi connectivity index (χ0) is 9.10. The van der Waals surface area contributed by atoms with Crippen LogP contribution in [0.15, 0.2) is 18.3 Å². The van der Waals surface area contributed by atoms with E-state index < -0.39 is 0 Å². The Morgan fingerprint density at radius 1 is 1.46 bits per heavy atom. The second kappa shape index (κ2) is 3.83. The maximum atomic E-state index is 5.54. The average molecular weight is 180 g/mol. The summed E-state index contributed by atoms with van der Waals surface area (Å²) < 4.78 is 10.7. The number of hydrogen-bond donors (Lipinski definition) is 1. The van der Waals surface area contributed by atoms with E-state index in [9.17, 15) is 0 Å². The van der Waals surface area contributed by atoms with E-state index >= 15 is 0 Å². The van der Waals surface area contributed by atoms with Crippen molar-refractivity contribution in [3.8, 4) is 0 Å². The van der Waals surface area contributed by atoms with Gasteiger partial charge in [-0.1, -0.05) is 6.07 Å². The van der Waals surface area contributed by atoms with Gasteiger partial charge < -0.3 is 15.2 Å². The first-order chi connectivity index (χ1) is 6.42. The van der Waals surface area contributed by atoms with Crippen molar-refractivity contribution in [2.75, 3.05) is 13.2 Å². The van der Waals surface area contributed by atoms with Crippen LogP contribution in [0.2, 0.25) is 0 Å². The normalized spacial score (nSPS) is 17.9. The third kappa shape index (κ3) is 1.70. The summed E-state index contributed by atoms with van der Waals surface area (Å²) in [6, 6.07) is 3.80. The van der Waals surface area contributed by atoms with Gasteiger partial charge >= 0.3 is 0 Å². The first-order valence-corrected chi connectivity index (χ1v) is 4.29. The van der Waals surface area contributed by atoms with Crippen molar-refractivity contribution in [3.63, 3.8) is 0 Å². The molecule has 0 atom stereocenters. The maximum absolute atomic E-state index is 5.54. The van der Waals surface area contributed by atoms with Gasteiger partial charge in [0.05, 0.1) is 18.9 Å². The lowest BCUT2D eigenvalue weighted by Crippen LogP contribution is -2.08. The molecule has 1 saturated heterocycles. The van der Waals surface area contributed by atoms with Crippen LogP contribution >= 0.6 is 0 Å². The van der Waals surface area contributed by atoms with Crippen molar-refractivity contribution in [2.45, 2.75) is 12.8 Å². The van der Waals surface area contributed by atoms with E-state index in [1.165, 1.54) is 0 Å². The highest BCUT2D eigenvalue weighted by molar-refractivity contribution is 5.21. The molecule has 1 aliphatic rings. The van der Waals surface area contributed by atoms with E-state index in [4.69, 9.17) is 15.2 Å². The lowest BCUT2D eigenvalue weighted by atomic mass is 10.2. The van der Waals surface area contributed by atoms with Crippen LogP contribution < -0.4 is 5.73 Å². The summed E-state index contributed by atoms with van der Waals surface area (Å²) >= 11 is 0. The molecule has 1 aromatic rings. The molecular weight excluding hydrogens is 168 g/mol. The summed E-state index contributed by atoms with van der Waals surface area (Å²) in [6.45, 7) is 1.70. The molecule has 1 aromatic heterocycles. The lowest BCUT2D eigenvalue weighted by Gasteiger charge is -2.11. The van der Waals surface area contributed by atoms with E-state index in [1.807, 2.05) is 12.1 Å². The summed E-state index contributed by atoms with van der Waals surface area (Å²) in [7, 11) is 0. The Balaban J connectivity index is 2.26. The number of hydrogen-bond acceptors (Lipinski definition) is 4. The smallest absolute Gasteiger partial charge is 0.185 e. The number of nitrogens with zero attached hydrogens (tertiary/aromatic N) is 1. The van der Waals surface area contributed by atoms with Gasteiger partial charge in [-0.05, 0) is 6.07 Å². The summed E-state index contributed by atoms with van der Waals surface area (Å²) in [4.78, 5) is 4.16. The summed E-state index contributed by atoms with van der Waals surface area (Å²) in [6.07, 6.45) is 1.45. The Hall–Kier alpha value is -0.970. The first kappa shape index (κ1) is 8.62. The zero-order valence-corrected chi connectivity index (χ0v) is 7.27. The second-order valence-electron chi connectivity index (χ2n) is 2.82. The van der Waals surface area contributed by atoms with Crippen molar-refractivity contribution < 1.29 is 9.47 Å². The van der Waals surface area contributed by atoms with Crippen molar-refractivity contribution in [2.24, 2.45) is 5.73 Å². The van der Waals surface area contributed by atoms with Crippen LogP contribution in [0.5, 0.6) is 0 Å². The van der Waals surface area contributed by atoms with Crippen LogP contribution in [-0.2, 0) is 16.0 Å². The molecule has 0 amide bonds. The molecule has 2 N–H and O–H groups in total. The minimum atomic E-state index is -0.271. The van der Waals surface area contributed by atoms with Gasteiger partial charge in [0.1, 0.15) is 0 Å². The van der Waals surface area contributed by atoms with E-state index in [2.05, 4.69) is 4.98 Å². The lowest BCUT2D eigenvalue weighted by molar-refractivity contribution is -0.0449. The third-order valence-electron chi connectivity index (χ3n) is 1.99. The third-order valence-corrected chi connectivity index (χ3v) is 1.99. The fraction of sp³-hybridized carbons (Fsp3) is 0.444. The molecule has 0 saturated carbocycles. The molecule has 0 aliphatic carbocycles. The molecule has 2 heterocycles. The van der Waals surface area contributed by atoms with Crippen LogP contribution in [0, 0.1) is 0 Å². The summed E-state index contributed by atoms with van der Waals surface area (Å²) in [5, 5.41) is 0. The van der Waals surface area contributed by atoms with Gasteiger partial charge in [-0.3, -0.25) is 4.98 Å². The van der Waals surface area contributed by atoms with Gasteiger partial charge in [0.2, 0.25) is 0 Å². The number of aromatic nitrogens is 1. The van der Waals surface area contributed by atoms with Crippen molar-refractivity contribution in [1.29, 1.82) is 0 Å². The summed E-state index contributed by atoms with van der Waals surface area (Å²) in [5.41, 5.74) is 7.33. The van der Waals surface area contributed by atoms with Gasteiger partial charge in [0.15, 0.2) is 6.29 Å². The van der Waals surface area contributed by atoms with E-state index in [-0.39, 0.29) is 6.29 Å². The van der Waals surface area contributed by atoms with E-state index in [0.29, 0.717) is 19.8 Å². The minimum absolute atomic E-state index is 0.271. The molecule has 0 bridgehead atoms. The Kier molecular flexibility index (Phi) is 2.54. The van der Waals surface area contributed by atoms with Crippen LogP contribution in [0.25, 0.3) is 0 Å². The molecular formula is C9H12N2O2. The van der Waals surface area contributed by atoms with E-state index in [0.717, 1.165) is 11.3 Å².